The highest BCUT2D eigenvalue weighted by molar-refractivity contribution is 14.0. The molecule has 1 unspecified atom stereocenters. The van der Waals surface area contributed by atoms with Gasteiger partial charge in [-0.3, -0.25) is 9.79 Å². The Morgan fingerprint density at radius 1 is 1.00 bits per heavy atom. The smallest absolute Gasteiger partial charge is 0.251 e. The molecule has 5 nitrogen and oxygen atoms in total. The van der Waals surface area contributed by atoms with Gasteiger partial charge in [-0.2, -0.15) is 0 Å². The van der Waals surface area contributed by atoms with E-state index in [0.29, 0.717) is 24.6 Å². The van der Waals surface area contributed by atoms with Crippen molar-refractivity contribution in [3.63, 3.8) is 0 Å². The summed E-state index contributed by atoms with van der Waals surface area (Å²) in [5.74, 6) is 1.11. The highest BCUT2D eigenvalue weighted by Crippen LogP contribution is 2.14. The number of benzene rings is 2. The first-order valence-corrected chi connectivity index (χ1v) is 9.41. The first kappa shape index (κ1) is 23.9. The maximum atomic E-state index is 11.8. The van der Waals surface area contributed by atoms with Gasteiger partial charge < -0.3 is 16.0 Å². The minimum Gasteiger partial charge on any atom is -0.356 e. The molecule has 0 aromatic heterocycles. The molecule has 28 heavy (non-hydrogen) atoms. The molecule has 0 bridgehead atoms. The van der Waals surface area contributed by atoms with Gasteiger partial charge in [0.25, 0.3) is 5.91 Å². The third kappa shape index (κ3) is 7.50. The number of nitrogens with zero attached hydrogens (tertiary/aromatic N) is 1. The van der Waals surface area contributed by atoms with Crippen LogP contribution in [0, 0.1) is 6.92 Å². The van der Waals surface area contributed by atoms with Crippen LogP contribution in [0.2, 0.25) is 0 Å². The van der Waals surface area contributed by atoms with Gasteiger partial charge >= 0.3 is 0 Å². The van der Waals surface area contributed by atoms with Crippen molar-refractivity contribution < 1.29 is 4.79 Å². The number of nitrogens with one attached hydrogen (secondary N) is 3. The van der Waals surface area contributed by atoms with Crippen molar-refractivity contribution in [3.8, 4) is 0 Å². The summed E-state index contributed by atoms with van der Waals surface area (Å²) >= 11 is 0. The Morgan fingerprint density at radius 3 is 2.21 bits per heavy atom. The second kappa shape index (κ2) is 12.4. The van der Waals surface area contributed by atoms with E-state index in [1.54, 1.807) is 7.05 Å². The van der Waals surface area contributed by atoms with Crippen LogP contribution >= 0.6 is 24.0 Å². The third-order valence-corrected chi connectivity index (χ3v) is 4.46. The minimum absolute atomic E-state index is 0. The molecule has 2 aromatic carbocycles. The summed E-state index contributed by atoms with van der Waals surface area (Å²) < 4.78 is 0. The van der Waals surface area contributed by atoms with Crippen LogP contribution in [0.4, 0.5) is 0 Å². The van der Waals surface area contributed by atoms with Gasteiger partial charge in [0.2, 0.25) is 0 Å². The fourth-order valence-corrected chi connectivity index (χ4v) is 2.71. The van der Waals surface area contributed by atoms with Crippen molar-refractivity contribution in [2.45, 2.75) is 33.2 Å². The summed E-state index contributed by atoms with van der Waals surface area (Å²) in [5, 5.41) is 9.49. The van der Waals surface area contributed by atoms with E-state index >= 15 is 0 Å². The number of aliphatic imine (C=N–C) groups is 1. The lowest BCUT2D eigenvalue weighted by Crippen LogP contribution is -2.38. The quantitative estimate of drug-likeness (QED) is 0.312. The lowest BCUT2D eigenvalue weighted by molar-refractivity contribution is 0.0956. The van der Waals surface area contributed by atoms with Crippen molar-refractivity contribution in [1.29, 1.82) is 0 Å². The number of guanidine groups is 1. The topological polar surface area (TPSA) is 65.5 Å². The van der Waals surface area contributed by atoms with Crippen LogP contribution in [-0.2, 0) is 6.54 Å². The summed E-state index contributed by atoms with van der Waals surface area (Å²) in [6.07, 6.45) is 0. The number of carbonyl (C=O) groups excluding carboxylic acids is 1. The number of rotatable bonds is 7. The van der Waals surface area contributed by atoms with E-state index in [9.17, 15) is 4.79 Å². The highest BCUT2D eigenvalue weighted by atomic mass is 127. The van der Waals surface area contributed by atoms with Gasteiger partial charge in [-0.1, -0.05) is 48.9 Å². The van der Waals surface area contributed by atoms with Crippen LogP contribution in [0.25, 0.3) is 0 Å². The summed E-state index contributed by atoms with van der Waals surface area (Å²) in [6, 6.07) is 16.2. The molecule has 2 rings (SSSR count). The van der Waals surface area contributed by atoms with Crippen LogP contribution < -0.4 is 16.0 Å². The molecule has 0 spiro atoms. The Bertz CT molecular complexity index is 757. The minimum atomic E-state index is -0.0421. The van der Waals surface area contributed by atoms with E-state index in [0.717, 1.165) is 18.1 Å². The molecule has 0 fully saturated rings. The maximum absolute atomic E-state index is 11.8. The normalized spacial score (nSPS) is 11.9. The van der Waals surface area contributed by atoms with Crippen LogP contribution in [-0.4, -0.2) is 32.0 Å². The SMILES string of the molecule is CCNC(=O)c1ccc(CNC(=NC)NCC(C)c2ccc(C)cc2)cc1.I. The van der Waals surface area contributed by atoms with Gasteiger partial charge in [-0.15, -0.1) is 24.0 Å². The Balaban J connectivity index is 0.00000392. The summed E-state index contributed by atoms with van der Waals surface area (Å²) in [6.45, 7) is 8.29. The molecule has 1 amide bonds. The van der Waals surface area contributed by atoms with Crippen LogP contribution in [0.15, 0.2) is 53.5 Å². The Hall–Kier alpha value is -2.09. The summed E-state index contributed by atoms with van der Waals surface area (Å²) in [4.78, 5) is 16.1. The predicted octanol–water partition coefficient (Wildman–Crippen LogP) is 3.83. The standard InChI is InChI=1S/C22H30N4O.HI/c1-5-24-21(27)20-12-8-18(9-13-20)15-26-22(23-4)25-14-17(3)19-10-6-16(2)7-11-19;/h6-13,17H,5,14-15H2,1-4H3,(H,24,27)(H2,23,25,26);1H. The first-order chi connectivity index (χ1) is 13.0. The molecule has 0 saturated carbocycles. The molecule has 0 aliphatic heterocycles. The molecule has 0 heterocycles. The molecule has 152 valence electrons. The zero-order valence-electron chi connectivity index (χ0n) is 17.1. The number of carbonyl (C=O) groups is 1. The Morgan fingerprint density at radius 2 is 1.64 bits per heavy atom. The van der Waals surface area contributed by atoms with E-state index in [-0.39, 0.29) is 29.9 Å². The summed E-state index contributed by atoms with van der Waals surface area (Å²) in [7, 11) is 1.77. The van der Waals surface area contributed by atoms with E-state index in [1.807, 2.05) is 31.2 Å². The lowest BCUT2D eigenvalue weighted by Gasteiger charge is -2.16. The zero-order chi connectivity index (χ0) is 19.6. The van der Waals surface area contributed by atoms with Gasteiger partial charge in [-0.25, -0.2) is 0 Å². The molecule has 0 radical (unpaired) electrons. The van der Waals surface area contributed by atoms with E-state index in [1.165, 1.54) is 11.1 Å². The van der Waals surface area contributed by atoms with Gasteiger partial charge in [0.05, 0.1) is 0 Å². The number of amides is 1. The molecular formula is C22H31IN4O. The molecule has 2 aromatic rings. The van der Waals surface area contributed by atoms with Gasteiger partial charge in [-0.05, 0) is 43.0 Å². The second-order valence-corrected chi connectivity index (χ2v) is 6.67. The monoisotopic (exact) mass is 494 g/mol. The third-order valence-electron chi connectivity index (χ3n) is 4.46. The molecule has 0 aliphatic carbocycles. The molecule has 0 saturated heterocycles. The van der Waals surface area contributed by atoms with E-state index in [2.05, 4.69) is 59.1 Å². The lowest BCUT2D eigenvalue weighted by atomic mass is 10.0. The van der Waals surface area contributed by atoms with E-state index < -0.39 is 0 Å². The second-order valence-electron chi connectivity index (χ2n) is 6.67. The Labute approximate surface area is 185 Å². The van der Waals surface area contributed by atoms with Crippen molar-refractivity contribution in [3.05, 3.63) is 70.8 Å². The zero-order valence-corrected chi connectivity index (χ0v) is 19.4. The fourth-order valence-electron chi connectivity index (χ4n) is 2.71. The highest BCUT2D eigenvalue weighted by Gasteiger charge is 2.07. The van der Waals surface area contributed by atoms with Crippen molar-refractivity contribution in [1.82, 2.24) is 16.0 Å². The average molecular weight is 494 g/mol. The van der Waals surface area contributed by atoms with Gasteiger partial charge in [0.15, 0.2) is 5.96 Å². The van der Waals surface area contributed by atoms with Crippen LogP contribution in [0.3, 0.4) is 0 Å². The van der Waals surface area contributed by atoms with E-state index in [4.69, 9.17) is 0 Å². The maximum Gasteiger partial charge on any atom is 0.251 e. The van der Waals surface area contributed by atoms with Crippen LogP contribution in [0.1, 0.15) is 46.8 Å². The summed E-state index contributed by atoms with van der Waals surface area (Å²) in [5.41, 5.74) is 4.35. The van der Waals surface area contributed by atoms with Crippen molar-refractivity contribution >= 4 is 35.8 Å². The molecular weight excluding hydrogens is 463 g/mol. The first-order valence-electron chi connectivity index (χ1n) is 9.41. The van der Waals surface area contributed by atoms with Crippen molar-refractivity contribution in [2.75, 3.05) is 20.1 Å². The van der Waals surface area contributed by atoms with Crippen LogP contribution in [0.5, 0.6) is 0 Å². The Kier molecular flexibility index (Phi) is 10.6. The van der Waals surface area contributed by atoms with Gasteiger partial charge in [0.1, 0.15) is 0 Å². The number of halogens is 1. The molecule has 3 N–H and O–H groups in total. The number of hydrogen-bond acceptors (Lipinski definition) is 2. The molecule has 6 heteroatoms. The predicted molar refractivity (Wildman–Crippen MR) is 128 cm³/mol. The number of aryl methyl sites for hydroxylation is 1. The largest absolute Gasteiger partial charge is 0.356 e. The number of hydrogen-bond donors (Lipinski definition) is 3. The average Bonchev–Trinajstić information content (AvgIpc) is 2.69. The fraction of sp³-hybridized carbons (Fsp3) is 0.364. The molecule has 1 atom stereocenters. The molecule has 0 aliphatic rings. The van der Waals surface area contributed by atoms with Crippen molar-refractivity contribution in [2.24, 2.45) is 4.99 Å². The van der Waals surface area contributed by atoms with Gasteiger partial charge in [0, 0.05) is 32.2 Å².